The summed E-state index contributed by atoms with van der Waals surface area (Å²) in [5, 5.41) is 17.2. The van der Waals surface area contributed by atoms with E-state index >= 15 is 0 Å². The lowest BCUT2D eigenvalue weighted by Crippen LogP contribution is -2.42. The highest BCUT2D eigenvalue weighted by molar-refractivity contribution is 7.98. The van der Waals surface area contributed by atoms with Crippen LogP contribution in [0, 0.1) is 6.92 Å². The number of hydrogen-bond acceptors (Lipinski definition) is 4. The highest BCUT2D eigenvalue weighted by Gasteiger charge is 2.22. The zero-order valence-electron chi connectivity index (χ0n) is 13.0. The van der Waals surface area contributed by atoms with Crippen LogP contribution in [-0.4, -0.2) is 44.9 Å². The van der Waals surface area contributed by atoms with Gasteiger partial charge in [-0.3, -0.25) is 4.79 Å². The normalized spacial score (nSPS) is 13.6. The molecule has 0 saturated heterocycles. The number of carbonyl (C=O) groups excluding carboxylic acids is 1. The second-order valence-corrected chi connectivity index (χ2v) is 6.40. The Hall–Kier alpha value is -1.79. The smallest absolute Gasteiger partial charge is 0.271 e. The number of aromatic nitrogens is 2. The van der Waals surface area contributed by atoms with Crippen molar-refractivity contribution < 1.29 is 9.90 Å². The molecule has 0 aliphatic heterocycles. The molecule has 1 atom stereocenters. The van der Waals surface area contributed by atoms with Crippen molar-refractivity contribution in [2.45, 2.75) is 19.4 Å². The van der Waals surface area contributed by atoms with Gasteiger partial charge in [0.05, 0.1) is 11.3 Å². The molecular formula is C16H21N3O2S. The third-order valence-corrected chi connectivity index (χ3v) is 4.12. The fourth-order valence-electron chi connectivity index (χ4n) is 2.14. The first kappa shape index (κ1) is 16.6. The molecular weight excluding hydrogens is 298 g/mol. The zero-order valence-corrected chi connectivity index (χ0v) is 13.9. The van der Waals surface area contributed by atoms with E-state index in [0.717, 1.165) is 11.4 Å². The molecule has 0 saturated carbocycles. The summed E-state index contributed by atoms with van der Waals surface area (Å²) in [5.41, 5.74) is 1.22. The quantitative estimate of drug-likeness (QED) is 0.855. The SMILES string of the molecule is CSCC(C)(O)CNC(=O)c1cc(C)n(-c2ccccc2)n1. The number of carbonyl (C=O) groups is 1. The van der Waals surface area contributed by atoms with Gasteiger partial charge in [-0.15, -0.1) is 0 Å². The molecule has 6 heteroatoms. The number of aryl methyl sites for hydroxylation is 1. The number of para-hydroxylation sites is 1. The van der Waals surface area contributed by atoms with Crippen LogP contribution in [0.5, 0.6) is 0 Å². The van der Waals surface area contributed by atoms with E-state index in [1.807, 2.05) is 43.5 Å². The van der Waals surface area contributed by atoms with Crippen molar-refractivity contribution in [2.75, 3.05) is 18.6 Å². The summed E-state index contributed by atoms with van der Waals surface area (Å²) < 4.78 is 1.73. The number of nitrogens with zero attached hydrogens (tertiary/aromatic N) is 2. The molecule has 118 valence electrons. The van der Waals surface area contributed by atoms with E-state index in [1.54, 1.807) is 17.7 Å². The van der Waals surface area contributed by atoms with Gasteiger partial charge in [-0.05, 0) is 38.3 Å². The van der Waals surface area contributed by atoms with E-state index in [-0.39, 0.29) is 12.5 Å². The second-order valence-electron chi connectivity index (χ2n) is 5.53. The Kier molecular flexibility index (Phi) is 5.26. The first-order valence-corrected chi connectivity index (χ1v) is 8.44. The number of nitrogens with one attached hydrogen (secondary N) is 1. The molecule has 0 bridgehead atoms. The van der Waals surface area contributed by atoms with Gasteiger partial charge in [0.2, 0.25) is 0 Å². The Morgan fingerprint density at radius 1 is 1.41 bits per heavy atom. The van der Waals surface area contributed by atoms with Crippen LogP contribution in [-0.2, 0) is 0 Å². The van der Waals surface area contributed by atoms with Gasteiger partial charge >= 0.3 is 0 Å². The first-order chi connectivity index (χ1) is 10.4. The predicted octanol–water partition coefficient (Wildman–Crippen LogP) is 2.02. The van der Waals surface area contributed by atoms with E-state index in [2.05, 4.69) is 10.4 Å². The molecule has 2 aromatic rings. The summed E-state index contributed by atoms with van der Waals surface area (Å²) in [6, 6.07) is 11.4. The average molecular weight is 319 g/mol. The number of amides is 1. The minimum atomic E-state index is -0.924. The zero-order chi connectivity index (χ0) is 16.2. The molecule has 0 aliphatic carbocycles. The average Bonchev–Trinajstić information content (AvgIpc) is 2.88. The maximum Gasteiger partial charge on any atom is 0.271 e. The summed E-state index contributed by atoms with van der Waals surface area (Å²) in [7, 11) is 0. The number of hydrogen-bond donors (Lipinski definition) is 2. The molecule has 22 heavy (non-hydrogen) atoms. The maximum atomic E-state index is 12.2. The Morgan fingerprint density at radius 3 is 2.73 bits per heavy atom. The summed E-state index contributed by atoms with van der Waals surface area (Å²) in [4.78, 5) is 12.2. The van der Waals surface area contributed by atoms with Crippen LogP contribution in [0.25, 0.3) is 5.69 Å². The lowest BCUT2D eigenvalue weighted by molar-refractivity contribution is 0.0722. The number of thioether (sulfide) groups is 1. The maximum absolute atomic E-state index is 12.2. The van der Waals surface area contributed by atoms with E-state index in [1.165, 1.54) is 11.8 Å². The summed E-state index contributed by atoms with van der Waals surface area (Å²) in [5.74, 6) is 0.282. The Morgan fingerprint density at radius 2 is 2.09 bits per heavy atom. The lowest BCUT2D eigenvalue weighted by atomic mass is 10.1. The van der Waals surface area contributed by atoms with Gasteiger partial charge in [-0.1, -0.05) is 18.2 Å². The third-order valence-electron chi connectivity index (χ3n) is 3.21. The van der Waals surface area contributed by atoms with Gasteiger partial charge in [0.1, 0.15) is 0 Å². The summed E-state index contributed by atoms with van der Waals surface area (Å²) in [6.45, 7) is 3.81. The largest absolute Gasteiger partial charge is 0.387 e. The molecule has 5 nitrogen and oxygen atoms in total. The standard InChI is InChI=1S/C16H21N3O2S/c1-12-9-14(15(20)17-10-16(2,21)11-22-3)18-19(12)13-7-5-4-6-8-13/h4-9,21H,10-11H2,1-3H3,(H,17,20). The molecule has 0 spiro atoms. The topological polar surface area (TPSA) is 67.2 Å². The Labute approximate surface area is 134 Å². The van der Waals surface area contributed by atoms with Crippen LogP contribution in [0.3, 0.4) is 0 Å². The van der Waals surface area contributed by atoms with Crippen molar-refractivity contribution in [3.8, 4) is 5.69 Å². The molecule has 1 unspecified atom stereocenters. The van der Waals surface area contributed by atoms with Crippen molar-refractivity contribution in [1.82, 2.24) is 15.1 Å². The lowest BCUT2D eigenvalue weighted by Gasteiger charge is -2.22. The molecule has 0 radical (unpaired) electrons. The van der Waals surface area contributed by atoms with Crippen LogP contribution in [0.2, 0.25) is 0 Å². The molecule has 2 rings (SSSR count). The molecule has 1 aromatic heterocycles. The van der Waals surface area contributed by atoms with Crippen LogP contribution in [0.1, 0.15) is 23.1 Å². The number of benzene rings is 1. The van der Waals surface area contributed by atoms with Crippen LogP contribution in [0.4, 0.5) is 0 Å². The molecule has 1 heterocycles. The highest BCUT2D eigenvalue weighted by Crippen LogP contribution is 2.13. The van der Waals surface area contributed by atoms with Gasteiger partial charge in [0, 0.05) is 18.0 Å². The van der Waals surface area contributed by atoms with Gasteiger partial charge in [0.15, 0.2) is 5.69 Å². The molecule has 2 N–H and O–H groups in total. The van der Waals surface area contributed by atoms with E-state index in [9.17, 15) is 9.90 Å². The van der Waals surface area contributed by atoms with Gasteiger partial charge in [-0.25, -0.2) is 4.68 Å². The van der Waals surface area contributed by atoms with Gasteiger partial charge in [0.25, 0.3) is 5.91 Å². The van der Waals surface area contributed by atoms with Crippen molar-refractivity contribution in [2.24, 2.45) is 0 Å². The Balaban J connectivity index is 2.09. The minimum Gasteiger partial charge on any atom is -0.387 e. The van der Waals surface area contributed by atoms with Gasteiger partial charge in [-0.2, -0.15) is 16.9 Å². The second kappa shape index (κ2) is 6.98. The van der Waals surface area contributed by atoms with E-state index < -0.39 is 5.60 Å². The Bertz CT molecular complexity index is 638. The summed E-state index contributed by atoms with van der Waals surface area (Å²) >= 11 is 1.54. The molecule has 1 aromatic carbocycles. The van der Waals surface area contributed by atoms with E-state index in [0.29, 0.717) is 11.4 Å². The van der Waals surface area contributed by atoms with Crippen molar-refractivity contribution in [3.05, 3.63) is 47.8 Å². The highest BCUT2D eigenvalue weighted by atomic mass is 32.2. The number of aliphatic hydroxyl groups is 1. The number of rotatable bonds is 6. The molecule has 0 fully saturated rings. The third kappa shape index (κ3) is 4.11. The fraction of sp³-hybridized carbons (Fsp3) is 0.375. The van der Waals surface area contributed by atoms with E-state index in [4.69, 9.17) is 0 Å². The first-order valence-electron chi connectivity index (χ1n) is 7.04. The monoisotopic (exact) mass is 319 g/mol. The van der Waals surface area contributed by atoms with Crippen LogP contribution >= 0.6 is 11.8 Å². The minimum absolute atomic E-state index is 0.198. The fourth-order valence-corrected chi connectivity index (χ4v) is 2.86. The van der Waals surface area contributed by atoms with Crippen molar-refractivity contribution in [1.29, 1.82) is 0 Å². The molecule has 1 amide bonds. The van der Waals surface area contributed by atoms with Gasteiger partial charge < -0.3 is 10.4 Å². The van der Waals surface area contributed by atoms with Crippen LogP contribution in [0.15, 0.2) is 36.4 Å². The molecule has 0 aliphatic rings. The van der Waals surface area contributed by atoms with Crippen molar-refractivity contribution >= 4 is 17.7 Å². The van der Waals surface area contributed by atoms with Crippen LogP contribution < -0.4 is 5.32 Å². The van der Waals surface area contributed by atoms with Crippen molar-refractivity contribution in [3.63, 3.8) is 0 Å². The summed E-state index contributed by atoms with van der Waals surface area (Å²) in [6.07, 6.45) is 1.92. The predicted molar refractivity (Wildman–Crippen MR) is 89.6 cm³/mol.